The number of amides is 1. The van der Waals surface area contributed by atoms with Gasteiger partial charge in [-0.1, -0.05) is 35.3 Å². The number of methoxy groups -OCH3 is 2. The summed E-state index contributed by atoms with van der Waals surface area (Å²) in [6, 6.07) is 17.8. The fraction of sp³-hybridized carbons (Fsp3) is 0.0800. The first-order valence-electron chi connectivity index (χ1n) is 10.3. The predicted molar refractivity (Wildman–Crippen MR) is 142 cm³/mol. The summed E-state index contributed by atoms with van der Waals surface area (Å²) >= 11 is 13.6. The maximum atomic E-state index is 12.5. The van der Waals surface area contributed by atoms with E-state index in [1.165, 1.54) is 31.8 Å². The van der Waals surface area contributed by atoms with Gasteiger partial charge in [-0.2, -0.15) is 5.10 Å². The molecule has 0 atom stereocenters. The van der Waals surface area contributed by atoms with Gasteiger partial charge in [0.15, 0.2) is 5.13 Å². The summed E-state index contributed by atoms with van der Waals surface area (Å²) in [4.78, 5) is 17.1. The van der Waals surface area contributed by atoms with Gasteiger partial charge in [0.2, 0.25) is 0 Å². The van der Waals surface area contributed by atoms with E-state index >= 15 is 0 Å². The van der Waals surface area contributed by atoms with Crippen molar-refractivity contribution in [3.05, 3.63) is 87.2 Å². The Labute approximate surface area is 216 Å². The summed E-state index contributed by atoms with van der Waals surface area (Å²) in [5.41, 5.74) is 6.16. The van der Waals surface area contributed by atoms with E-state index in [1.54, 1.807) is 24.3 Å². The molecule has 7 nitrogen and oxygen atoms in total. The minimum absolute atomic E-state index is 0.352. The topological polar surface area (TPSA) is 84.8 Å². The first-order valence-corrected chi connectivity index (χ1v) is 11.9. The van der Waals surface area contributed by atoms with Crippen molar-refractivity contribution in [2.45, 2.75) is 0 Å². The normalized spacial score (nSPS) is 10.9. The van der Waals surface area contributed by atoms with E-state index in [2.05, 4.69) is 20.8 Å². The highest BCUT2D eigenvalue weighted by atomic mass is 35.5. The highest BCUT2D eigenvalue weighted by Crippen LogP contribution is 2.32. The Bertz CT molecular complexity index is 1360. The smallest absolute Gasteiger partial charge is 0.271 e. The third-order valence-electron chi connectivity index (χ3n) is 4.92. The van der Waals surface area contributed by atoms with Crippen molar-refractivity contribution in [1.82, 2.24) is 10.4 Å². The Kier molecular flexibility index (Phi) is 7.87. The molecule has 1 aromatic heterocycles. The maximum Gasteiger partial charge on any atom is 0.271 e. The van der Waals surface area contributed by atoms with Crippen molar-refractivity contribution in [2.75, 3.05) is 19.5 Å². The molecule has 0 saturated carbocycles. The molecule has 0 radical (unpaired) electrons. The Morgan fingerprint density at radius 3 is 2.40 bits per heavy atom. The van der Waals surface area contributed by atoms with Gasteiger partial charge in [0, 0.05) is 38.8 Å². The molecule has 0 spiro atoms. The van der Waals surface area contributed by atoms with Gasteiger partial charge in [0.05, 0.1) is 31.2 Å². The standard InChI is InChI=1S/C25H20Cl2N4O3S/c1-33-22-12-23(34-2)20(27)11-17(22)13-28-31-24(32)16-5-3-15(4-6-16)21-14-35-25(30-21)29-19-9-7-18(26)8-10-19/h3-14H,1-2H3,(H,29,30)(H,31,32)/b28-13-. The molecule has 0 aliphatic rings. The van der Waals surface area contributed by atoms with Crippen molar-refractivity contribution >= 4 is 57.5 Å². The lowest BCUT2D eigenvalue weighted by Crippen LogP contribution is -2.17. The molecule has 3 aromatic carbocycles. The van der Waals surface area contributed by atoms with Crippen LogP contribution >= 0.6 is 34.5 Å². The van der Waals surface area contributed by atoms with Crippen LogP contribution < -0.4 is 20.2 Å². The SMILES string of the molecule is COc1cc(OC)c(/C=N\NC(=O)c2ccc(-c3csc(Nc4ccc(Cl)cc4)n3)cc2)cc1Cl. The number of nitrogens with one attached hydrogen (secondary N) is 2. The third-order valence-corrected chi connectivity index (χ3v) is 6.22. The fourth-order valence-corrected chi connectivity index (χ4v) is 4.24. The zero-order valence-electron chi connectivity index (χ0n) is 18.7. The molecule has 4 rings (SSSR count). The van der Waals surface area contributed by atoms with E-state index in [-0.39, 0.29) is 5.91 Å². The summed E-state index contributed by atoms with van der Waals surface area (Å²) in [6.07, 6.45) is 1.46. The summed E-state index contributed by atoms with van der Waals surface area (Å²) in [5, 5.41) is 11.1. The molecule has 35 heavy (non-hydrogen) atoms. The van der Waals surface area contributed by atoms with Crippen LogP contribution in [0, 0.1) is 0 Å². The molecular weight excluding hydrogens is 507 g/mol. The number of nitrogens with zero attached hydrogens (tertiary/aromatic N) is 2. The van der Waals surface area contributed by atoms with E-state index in [9.17, 15) is 4.79 Å². The monoisotopic (exact) mass is 526 g/mol. The predicted octanol–water partition coefficient (Wildman–Crippen LogP) is 6.64. The average molecular weight is 527 g/mol. The largest absolute Gasteiger partial charge is 0.496 e. The Morgan fingerprint density at radius 1 is 1.00 bits per heavy atom. The second-order valence-electron chi connectivity index (χ2n) is 7.17. The number of carbonyl (C=O) groups is 1. The molecule has 2 N–H and O–H groups in total. The number of ether oxygens (including phenoxy) is 2. The third kappa shape index (κ3) is 6.10. The molecule has 1 heterocycles. The van der Waals surface area contributed by atoms with Crippen molar-refractivity contribution in [3.8, 4) is 22.8 Å². The summed E-state index contributed by atoms with van der Waals surface area (Å²) < 4.78 is 10.5. The number of carbonyl (C=O) groups excluding carboxylic acids is 1. The van der Waals surface area contributed by atoms with Crippen LogP contribution in [-0.2, 0) is 0 Å². The molecule has 4 aromatic rings. The molecule has 10 heteroatoms. The maximum absolute atomic E-state index is 12.5. The van der Waals surface area contributed by atoms with Crippen molar-refractivity contribution < 1.29 is 14.3 Å². The van der Waals surface area contributed by atoms with Gasteiger partial charge in [-0.15, -0.1) is 11.3 Å². The highest BCUT2D eigenvalue weighted by Gasteiger charge is 2.10. The molecule has 0 bridgehead atoms. The lowest BCUT2D eigenvalue weighted by molar-refractivity contribution is 0.0955. The Hall–Kier alpha value is -3.59. The zero-order valence-corrected chi connectivity index (χ0v) is 21.0. The summed E-state index contributed by atoms with van der Waals surface area (Å²) in [5.74, 6) is 0.648. The Morgan fingerprint density at radius 2 is 1.71 bits per heavy atom. The minimum atomic E-state index is -0.352. The van der Waals surface area contributed by atoms with Crippen LogP contribution in [0.5, 0.6) is 11.5 Å². The molecule has 0 unspecified atom stereocenters. The fourth-order valence-electron chi connectivity index (χ4n) is 3.12. The lowest BCUT2D eigenvalue weighted by atomic mass is 10.1. The number of hydrogen-bond acceptors (Lipinski definition) is 7. The quantitative estimate of drug-likeness (QED) is 0.198. The lowest BCUT2D eigenvalue weighted by Gasteiger charge is -2.09. The van der Waals surface area contributed by atoms with Crippen molar-refractivity contribution in [1.29, 1.82) is 0 Å². The first-order chi connectivity index (χ1) is 17.0. The number of benzene rings is 3. The van der Waals surface area contributed by atoms with Crippen LogP contribution in [0.3, 0.4) is 0 Å². The number of halogens is 2. The van der Waals surface area contributed by atoms with Crippen LogP contribution in [-0.4, -0.2) is 31.3 Å². The van der Waals surface area contributed by atoms with E-state index in [4.69, 9.17) is 32.7 Å². The van der Waals surface area contributed by atoms with Gasteiger partial charge < -0.3 is 14.8 Å². The minimum Gasteiger partial charge on any atom is -0.496 e. The molecule has 0 fully saturated rings. The molecule has 0 saturated heterocycles. The molecular formula is C25H20Cl2N4O3S. The van der Waals surface area contributed by atoms with Gasteiger partial charge in [0.25, 0.3) is 5.91 Å². The summed E-state index contributed by atoms with van der Waals surface area (Å²) in [6.45, 7) is 0. The van der Waals surface area contributed by atoms with E-state index < -0.39 is 0 Å². The van der Waals surface area contributed by atoms with E-state index in [0.717, 1.165) is 22.1 Å². The van der Waals surface area contributed by atoms with Crippen LogP contribution in [0.4, 0.5) is 10.8 Å². The van der Waals surface area contributed by atoms with Crippen molar-refractivity contribution in [3.63, 3.8) is 0 Å². The second-order valence-corrected chi connectivity index (χ2v) is 8.88. The number of thiazole rings is 1. The van der Waals surface area contributed by atoms with Crippen LogP contribution in [0.2, 0.25) is 10.0 Å². The average Bonchev–Trinajstić information content (AvgIpc) is 3.34. The van der Waals surface area contributed by atoms with Crippen LogP contribution in [0.15, 0.2) is 71.1 Å². The number of aromatic nitrogens is 1. The van der Waals surface area contributed by atoms with Gasteiger partial charge in [-0.25, -0.2) is 10.4 Å². The molecule has 0 aliphatic heterocycles. The van der Waals surface area contributed by atoms with Gasteiger partial charge in [-0.3, -0.25) is 4.79 Å². The second kappa shape index (κ2) is 11.2. The zero-order chi connectivity index (χ0) is 24.8. The number of anilines is 2. The van der Waals surface area contributed by atoms with Crippen LogP contribution in [0.25, 0.3) is 11.3 Å². The number of hydrazone groups is 1. The Balaban J connectivity index is 1.39. The van der Waals surface area contributed by atoms with Crippen LogP contribution in [0.1, 0.15) is 15.9 Å². The number of hydrogen-bond donors (Lipinski definition) is 2. The summed E-state index contributed by atoms with van der Waals surface area (Å²) in [7, 11) is 3.05. The van der Waals surface area contributed by atoms with E-state index in [1.807, 2.05) is 41.8 Å². The molecule has 0 aliphatic carbocycles. The highest BCUT2D eigenvalue weighted by molar-refractivity contribution is 7.14. The van der Waals surface area contributed by atoms with E-state index in [0.29, 0.717) is 32.7 Å². The molecule has 1 amide bonds. The first kappa shape index (κ1) is 24.5. The van der Waals surface area contributed by atoms with Gasteiger partial charge >= 0.3 is 0 Å². The number of rotatable bonds is 8. The van der Waals surface area contributed by atoms with Gasteiger partial charge in [-0.05, 0) is 42.5 Å². The van der Waals surface area contributed by atoms with Crippen molar-refractivity contribution in [2.24, 2.45) is 5.10 Å². The van der Waals surface area contributed by atoms with Gasteiger partial charge in [0.1, 0.15) is 11.5 Å². The molecule has 178 valence electrons.